The van der Waals surface area contributed by atoms with E-state index in [0.717, 1.165) is 18.6 Å². The van der Waals surface area contributed by atoms with Crippen molar-refractivity contribution in [1.29, 1.82) is 0 Å². The fourth-order valence-electron chi connectivity index (χ4n) is 3.20. The highest BCUT2D eigenvalue weighted by atomic mass is 127. The van der Waals surface area contributed by atoms with Crippen molar-refractivity contribution in [3.05, 3.63) is 45.9 Å². The van der Waals surface area contributed by atoms with E-state index < -0.39 is 0 Å². The Bertz CT molecular complexity index is 754. The molecular formula is C19H19INO2. The van der Waals surface area contributed by atoms with E-state index >= 15 is 0 Å². The van der Waals surface area contributed by atoms with E-state index in [4.69, 9.17) is 4.74 Å². The van der Waals surface area contributed by atoms with Gasteiger partial charge in [-0.1, -0.05) is 12.1 Å². The van der Waals surface area contributed by atoms with Crippen LogP contribution in [0.3, 0.4) is 0 Å². The van der Waals surface area contributed by atoms with Gasteiger partial charge < -0.3 is 10.1 Å². The molecule has 0 bridgehead atoms. The number of benzene rings is 2. The van der Waals surface area contributed by atoms with Crippen molar-refractivity contribution in [2.75, 3.05) is 13.2 Å². The predicted octanol–water partition coefficient (Wildman–Crippen LogP) is 3.73. The molecule has 23 heavy (non-hydrogen) atoms. The van der Waals surface area contributed by atoms with Gasteiger partial charge in [-0.25, -0.2) is 0 Å². The molecule has 1 amide bonds. The van der Waals surface area contributed by atoms with E-state index in [2.05, 4.69) is 64.7 Å². The van der Waals surface area contributed by atoms with Crippen molar-refractivity contribution in [3.63, 3.8) is 0 Å². The van der Waals surface area contributed by atoms with Crippen LogP contribution in [0.15, 0.2) is 30.3 Å². The lowest BCUT2D eigenvalue weighted by atomic mass is 9.92. The van der Waals surface area contributed by atoms with Crippen LogP contribution >= 0.6 is 22.6 Å². The van der Waals surface area contributed by atoms with Gasteiger partial charge in [-0.3, -0.25) is 4.79 Å². The summed E-state index contributed by atoms with van der Waals surface area (Å²) in [7, 11) is 0. The fraction of sp³-hybridized carbons (Fsp3) is 0.368. The molecule has 0 saturated heterocycles. The third-order valence-electron chi connectivity index (χ3n) is 4.62. The molecule has 1 radical (unpaired) electrons. The summed E-state index contributed by atoms with van der Waals surface area (Å²) in [5.74, 6) is 2.03. The van der Waals surface area contributed by atoms with Crippen molar-refractivity contribution in [1.82, 2.24) is 5.32 Å². The summed E-state index contributed by atoms with van der Waals surface area (Å²) in [5.41, 5.74) is 1.28. The molecular weight excluding hydrogens is 401 g/mol. The maximum absolute atomic E-state index is 11.9. The van der Waals surface area contributed by atoms with Gasteiger partial charge in [-0.15, -0.1) is 0 Å². The van der Waals surface area contributed by atoms with E-state index in [1.54, 1.807) is 0 Å². The summed E-state index contributed by atoms with van der Waals surface area (Å²) in [5, 5.41) is 5.60. The average molecular weight is 420 g/mol. The molecule has 0 spiro atoms. The zero-order valence-electron chi connectivity index (χ0n) is 12.8. The highest BCUT2D eigenvalue weighted by Gasteiger charge is 2.26. The van der Waals surface area contributed by atoms with E-state index in [-0.39, 0.29) is 5.91 Å². The van der Waals surface area contributed by atoms with E-state index in [1.807, 2.05) is 0 Å². The maximum atomic E-state index is 11.9. The smallest absolute Gasteiger partial charge is 0.220 e. The number of nitrogens with one attached hydrogen (secondary N) is 1. The van der Waals surface area contributed by atoms with Gasteiger partial charge >= 0.3 is 0 Å². The third kappa shape index (κ3) is 3.47. The summed E-state index contributed by atoms with van der Waals surface area (Å²) >= 11 is 2.35. The molecule has 2 aliphatic rings. The van der Waals surface area contributed by atoms with Crippen molar-refractivity contribution in [3.8, 4) is 5.75 Å². The maximum Gasteiger partial charge on any atom is 0.220 e. The van der Waals surface area contributed by atoms with Crippen LogP contribution in [0.4, 0.5) is 0 Å². The zero-order chi connectivity index (χ0) is 15.8. The molecule has 1 aliphatic carbocycles. The highest BCUT2D eigenvalue weighted by molar-refractivity contribution is 14.1. The first-order valence-electron chi connectivity index (χ1n) is 8.13. The number of carbonyl (C=O) groups is 1. The zero-order valence-corrected chi connectivity index (χ0v) is 15.0. The molecule has 0 aromatic heterocycles. The first kappa shape index (κ1) is 15.2. The lowest BCUT2D eigenvalue weighted by Crippen LogP contribution is -2.35. The van der Waals surface area contributed by atoms with Crippen LogP contribution in [0.5, 0.6) is 5.75 Å². The molecule has 2 aromatic rings. The molecule has 2 aromatic carbocycles. The lowest BCUT2D eigenvalue weighted by Gasteiger charge is -2.26. The second kappa shape index (κ2) is 6.30. The van der Waals surface area contributed by atoms with Gasteiger partial charge in [0.15, 0.2) is 0 Å². The van der Waals surface area contributed by atoms with Crippen molar-refractivity contribution >= 4 is 39.3 Å². The van der Waals surface area contributed by atoms with Gasteiger partial charge in [0, 0.05) is 28.0 Å². The normalized spacial score (nSPS) is 20.0. The van der Waals surface area contributed by atoms with Crippen LogP contribution in [0.25, 0.3) is 10.8 Å². The summed E-state index contributed by atoms with van der Waals surface area (Å²) in [4.78, 5) is 11.9. The minimum Gasteiger partial charge on any atom is -0.493 e. The molecule has 1 fully saturated rings. The van der Waals surface area contributed by atoms with Crippen LogP contribution in [-0.4, -0.2) is 19.1 Å². The van der Waals surface area contributed by atoms with E-state index in [0.29, 0.717) is 31.4 Å². The number of amides is 1. The first-order chi connectivity index (χ1) is 11.2. The van der Waals surface area contributed by atoms with Crippen molar-refractivity contribution < 1.29 is 9.53 Å². The standard InChI is InChI=1S/C19H19INO2/c20-15-5-3-14-4-6-18-17(16(14)9-15)7-13(11-23-18)10-21-19(22)8-12-1-2-12/h1,3-6,9,12-13H,2,7-8,10-11H2,(H,21,22). The number of hydrogen-bond acceptors (Lipinski definition) is 2. The quantitative estimate of drug-likeness (QED) is 0.766. The molecule has 119 valence electrons. The molecule has 3 nitrogen and oxygen atoms in total. The second-order valence-electron chi connectivity index (χ2n) is 6.53. The molecule has 1 saturated carbocycles. The molecule has 1 N–H and O–H groups in total. The number of hydrogen-bond donors (Lipinski definition) is 1. The summed E-state index contributed by atoms with van der Waals surface area (Å²) in [6.07, 6.45) is 4.89. The Morgan fingerprint density at radius 3 is 2.96 bits per heavy atom. The largest absolute Gasteiger partial charge is 0.493 e. The molecule has 4 rings (SSSR count). The molecule has 1 aliphatic heterocycles. The summed E-state index contributed by atoms with van der Waals surface area (Å²) < 4.78 is 7.19. The van der Waals surface area contributed by atoms with Crippen LogP contribution in [0.1, 0.15) is 18.4 Å². The van der Waals surface area contributed by atoms with Crippen LogP contribution < -0.4 is 10.1 Å². The SMILES string of the molecule is O=C(CC1[CH]C1)NCC1COc2ccc3ccc(I)cc3c2C1. The van der Waals surface area contributed by atoms with Gasteiger partial charge in [0.1, 0.15) is 5.75 Å². The fourth-order valence-corrected chi connectivity index (χ4v) is 3.69. The Morgan fingerprint density at radius 2 is 2.13 bits per heavy atom. The lowest BCUT2D eigenvalue weighted by molar-refractivity contribution is -0.121. The van der Waals surface area contributed by atoms with Crippen molar-refractivity contribution in [2.45, 2.75) is 19.3 Å². The minimum atomic E-state index is 0.169. The van der Waals surface area contributed by atoms with E-state index in [1.165, 1.54) is 19.9 Å². The van der Waals surface area contributed by atoms with E-state index in [9.17, 15) is 4.79 Å². The third-order valence-corrected chi connectivity index (χ3v) is 5.30. The first-order valence-corrected chi connectivity index (χ1v) is 9.21. The summed E-state index contributed by atoms with van der Waals surface area (Å²) in [6.45, 7) is 1.38. The molecule has 1 heterocycles. The van der Waals surface area contributed by atoms with Crippen LogP contribution in [-0.2, 0) is 11.2 Å². The van der Waals surface area contributed by atoms with Gasteiger partial charge in [-0.05, 0) is 76.7 Å². The van der Waals surface area contributed by atoms with Gasteiger partial charge in [-0.2, -0.15) is 0 Å². The van der Waals surface area contributed by atoms with Gasteiger partial charge in [0.2, 0.25) is 5.91 Å². The number of fused-ring (bicyclic) bond motifs is 3. The minimum absolute atomic E-state index is 0.169. The number of carbonyl (C=O) groups excluding carboxylic acids is 1. The summed E-state index contributed by atoms with van der Waals surface area (Å²) in [6, 6.07) is 10.7. The molecule has 2 unspecified atom stereocenters. The average Bonchev–Trinajstić information content (AvgIpc) is 3.36. The Labute approximate surface area is 149 Å². The van der Waals surface area contributed by atoms with Crippen LogP contribution in [0.2, 0.25) is 0 Å². The topological polar surface area (TPSA) is 38.3 Å². The monoisotopic (exact) mass is 420 g/mol. The number of rotatable bonds is 4. The molecule has 2 atom stereocenters. The molecule has 4 heteroatoms. The Hall–Kier alpha value is -1.30. The predicted molar refractivity (Wildman–Crippen MR) is 99.4 cm³/mol. The number of halogens is 1. The van der Waals surface area contributed by atoms with Crippen molar-refractivity contribution in [2.24, 2.45) is 11.8 Å². The Kier molecular flexibility index (Phi) is 4.18. The Morgan fingerprint density at radius 1 is 1.30 bits per heavy atom. The van der Waals surface area contributed by atoms with Crippen LogP contribution in [0, 0.1) is 21.8 Å². The Balaban J connectivity index is 1.48. The number of ether oxygens (including phenoxy) is 1. The van der Waals surface area contributed by atoms with Gasteiger partial charge in [0.05, 0.1) is 6.61 Å². The second-order valence-corrected chi connectivity index (χ2v) is 7.77. The highest BCUT2D eigenvalue weighted by Crippen LogP contribution is 2.34. The van der Waals surface area contributed by atoms with Gasteiger partial charge in [0.25, 0.3) is 0 Å².